The number of anilines is 3. The molecular formula is C26H14Cl4F7N3O3. The summed E-state index contributed by atoms with van der Waals surface area (Å²) in [6, 6.07) is 8.40. The van der Waals surface area contributed by atoms with E-state index in [-0.39, 0.29) is 21.3 Å². The van der Waals surface area contributed by atoms with Gasteiger partial charge in [-0.15, -0.1) is 23.2 Å². The van der Waals surface area contributed by atoms with Crippen LogP contribution in [0.1, 0.15) is 21.8 Å². The molecule has 1 aliphatic rings. The molecule has 17 heteroatoms. The third-order valence-electron chi connectivity index (χ3n) is 6.27. The lowest BCUT2D eigenvalue weighted by molar-refractivity contribution is -0.163. The summed E-state index contributed by atoms with van der Waals surface area (Å²) < 4.78 is 92.3. The van der Waals surface area contributed by atoms with Crippen molar-refractivity contribution < 1.29 is 45.1 Å². The molecule has 0 aromatic heterocycles. The summed E-state index contributed by atoms with van der Waals surface area (Å²) in [5.74, 6) is -15.6. The highest BCUT2D eigenvalue weighted by Gasteiger charge is 2.67. The normalized spacial score (nSPS) is 17.4. The van der Waals surface area contributed by atoms with Crippen LogP contribution in [-0.2, 0) is 9.59 Å². The molecule has 3 amide bonds. The van der Waals surface area contributed by atoms with Gasteiger partial charge in [-0.2, -0.15) is 8.78 Å². The number of benzene rings is 3. The van der Waals surface area contributed by atoms with Gasteiger partial charge in [-0.25, -0.2) is 22.0 Å². The zero-order chi connectivity index (χ0) is 32.0. The smallest absolute Gasteiger partial charge is 0.326 e. The van der Waals surface area contributed by atoms with Crippen LogP contribution in [0.25, 0.3) is 0 Å². The van der Waals surface area contributed by atoms with Crippen LogP contribution in [0.5, 0.6) is 0 Å². The van der Waals surface area contributed by atoms with Gasteiger partial charge in [-0.3, -0.25) is 14.4 Å². The summed E-state index contributed by atoms with van der Waals surface area (Å²) in [6.07, 6.45) is -4.46. The number of carbonyl (C=O) groups is 3. The lowest BCUT2D eigenvalue weighted by Gasteiger charge is -2.17. The van der Waals surface area contributed by atoms with Gasteiger partial charge in [0.15, 0.2) is 5.82 Å². The molecular weight excluding hydrogens is 677 g/mol. The molecule has 2 atom stereocenters. The molecule has 3 N–H and O–H groups in total. The van der Waals surface area contributed by atoms with Gasteiger partial charge in [-0.05, 0) is 48.0 Å². The van der Waals surface area contributed by atoms with Crippen LogP contribution >= 0.6 is 46.4 Å². The lowest BCUT2D eigenvalue weighted by Crippen LogP contribution is -2.41. The molecule has 0 bridgehead atoms. The van der Waals surface area contributed by atoms with E-state index in [0.717, 1.165) is 17.4 Å². The van der Waals surface area contributed by atoms with Crippen LogP contribution in [-0.4, -0.2) is 34.4 Å². The van der Waals surface area contributed by atoms with Gasteiger partial charge in [-0.1, -0.05) is 29.3 Å². The molecule has 0 aliphatic heterocycles. The Morgan fingerprint density at radius 3 is 2.12 bits per heavy atom. The Kier molecular flexibility index (Phi) is 9.13. The molecule has 0 saturated heterocycles. The van der Waals surface area contributed by atoms with E-state index in [1.54, 1.807) is 0 Å². The SMILES string of the molecule is O=C(Nc1ccc(F)c(NC(=O)C(F)(F)C(F)F)c1F)c1cc(NC(=O)C2[C@H](c3ccc(F)c(Cl)c3)C2(Cl)Cl)ccc1Cl. The quantitative estimate of drug-likeness (QED) is 0.165. The number of amides is 3. The molecule has 43 heavy (non-hydrogen) atoms. The summed E-state index contributed by atoms with van der Waals surface area (Å²) in [4.78, 5) is 37.3. The molecule has 0 heterocycles. The van der Waals surface area contributed by atoms with Crippen molar-refractivity contribution in [2.24, 2.45) is 5.92 Å². The molecule has 0 radical (unpaired) electrons. The maximum atomic E-state index is 14.9. The fourth-order valence-electron chi connectivity index (χ4n) is 4.02. The summed E-state index contributed by atoms with van der Waals surface area (Å²) in [5, 5.41) is 5.10. The van der Waals surface area contributed by atoms with Crippen molar-refractivity contribution in [2.45, 2.75) is 22.6 Å². The minimum Gasteiger partial charge on any atom is -0.326 e. The largest absolute Gasteiger partial charge is 0.383 e. The predicted molar refractivity (Wildman–Crippen MR) is 146 cm³/mol. The number of hydrogen-bond donors (Lipinski definition) is 3. The summed E-state index contributed by atoms with van der Waals surface area (Å²) >= 11 is 24.4. The first-order chi connectivity index (χ1) is 20.0. The Labute approximate surface area is 257 Å². The molecule has 1 saturated carbocycles. The Balaban J connectivity index is 1.51. The lowest BCUT2D eigenvalue weighted by atomic mass is 10.1. The number of rotatable bonds is 8. The Morgan fingerprint density at radius 1 is 0.837 bits per heavy atom. The fourth-order valence-corrected chi connectivity index (χ4v) is 5.24. The number of alkyl halides is 6. The second-order valence-corrected chi connectivity index (χ2v) is 11.4. The van der Waals surface area contributed by atoms with Crippen molar-refractivity contribution in [3.8, 4) is 0 Å². The molecule has 4 rings (SSSR count). The minimum absolute atomic E-state index is 0.00627. The Morgan fingerprint density at radius 2 is 1.49 bits per heavy atom. The molecule has 1 fully saturated rings. The molecule has 228 valence electrons. The van der Waals surface area contributed by atoms with Crippen molar-refractivity contribution in [1.29, 1.82) is 0 Å². The van der Waals surface area contributed by atoms with Crippen LogP contribution in [0, 0.1) is 23.4 Å². The zero-order valence-corrected chi connectivity index (χ0v) is 23.8. The van der Waals surface area contributed by atoms with Gasteiger partial charge in [0.2, 0.25) is 5.91 Å². The number of carbonyl (C=O) groups excluding carboxylic acids is 3. The van der Waals surface area contributed by atoms with Crippen molar-refractivity contribution in [3.05, 3.63) is 87.2 Å². The molecule has 6 nitrogen and oxygen atoms in total. The van der Waals surface area contributed by atoms with Crippen molar-refractivity contribution in [1.82, 2.24) is 0 Å². The van der Waals surface area contributed by atoms with E-state index in [0.29, 0.717) is 17.7 Å². The van der Waals surface area contributed by atoms with E-state index in [2.05, 4.69) is 5.32 Å². The van der Waals surface area contributed by atoms with Crippen molar-refractivity contribution in [2.75, 3.05) is 16.0 Å². The maximum Gasteiger partial charge on any atom is 0.383 e. The highest BCUT2D eigenvalue weighted by Crippen LogP contribution is 2.65. The van der Waals surface area contributed by atoms with Gasteiger partial charge in [0.05, 0.1) is 27.2 Å². The standard InChI is InChI=1S/C26H14Cl4F7N3O3/c27-12-3-2-10(38-22(42)18-17(25(18,29)30)9-1-4-14(31)13(28)7-9)8-11(12)21(41)39-16-6-5-15(32)20(19(16)33)40-24(43)26(36,37)23(34)35/h1-8,17-18,23H,(H,38,42)(H,39,41)(H,40,43)/t17-,18?/m0/s1. The Hall–Kier alpha value is -3.26. The van der Waals surface area contributed by atoms with E-state index in [1.165, 1.54) is 24.3 Å². The van der Waals surface area contributed by atoms with Crippen LogP contribution in [0.2, 0.25) is 10.0 Å². The number of hydrogen-bond acceptors (Lipinski definition) is 3. The number of nitrogens with one attached hydrogen (secondary N) is 3. The second-order valence-electron chi connectivity index (χ2n) is 9.10. The molecule has 3 aromatic carbocycles. The first kappa shape index (κ1) is 32.6. The highest BCUT2D eigenvalue weighted by molar-refractivity contribution is 6.53. The van der Waals surface area contributed by atoms with Crippen molar-refractivity contribution >= 4 is 81.2 Å². The summed E-state index contributed by atoms with van der Waals surface area (Å²) in [5.41, 5.74) is -2.35. The third kappa shape index (κ3) is 6.49. The zero-order valence-electron chi connectivity index (χ0n) is 20.7. The average molecular weight is 691 g/mol. The second kappa shape index (κ2) is 12.0. The fraction of sp³-hybridized carbons (Fsp3) is 0.192. The van der Waals surface area contributed by atoms with Gasteiger partial charge in [0.25, 0.3) is 5.91 Å². The third-order valence-corrected chi connectivity index (χ3v) is 7.83. The van der Waals surface area contributed by atoms with Crippen LogP contribution in [0.4, 0.5) is 47.8 Å². The van der Waals surface area contributed by atoms with E-state index < -0.39 is 75.1 Å². The number of halogens is 11. The average Bonchev–Trinajstić information content (AvgIpc) is 3.52. The molecule has 3 aromatic rings. The van der Waals surface area contributed by atoms with Gasteiger partial charge in [0.1, 0.15) is 21.7 Å². The van der Waals surface area contributed by atoms with E-state index in [4.69, 9.17) is 46.4 Å². The van der Waals surface area contributed by atoms with Gasteiger partial charge in [0, 0.05) is 11.6 Å². The van der Waals surface area contributed by atoms with E-state index in [9.17, 15) is 45.1 Å². The molecule has 0 spiro atoms. The topological polar surface area (TPSA) is 87.3 Å². The summed E-state index contributed by atoms with van der Waals surface area (Å²) in [6.45, 7) is 0. The van der Waals surface area contributed by atoms with Crippen molar-refractivity contribution in [3.63, 3.8) is 0 Å². The van der Waals surface area contributed by atoms with Crippen LogP contribution in [0.15, 0.2) is 48.5 Å². The maximum absolute atomic E-state index is 14.9. The van der Waals surface area contributed by atoms with E-state index >= 15 is 0 Å². The van der Waals surface area contributed by atoms with Gasteiger partial charge < -0.3 is 16.0 Å². The summed E-state index contributed by atoms with van der Waals surface area (Å²) in [7, 11) is 0. The van der Waals surface area contributed by atoms with Gasteiger partial charge >= 0.3 is 18.3 Å². The van der Waals surface area contributed by atoms with Crippen LogP contribution < -0.4 is 16.0 Å². The predicted octanol–water partition coefficient (Wildman–Crippen LogP) is 8.03. The first-order valence-corrected chi connectivity index (χ1v) is 13.2. The Bertz CT molecular complexity index is 1640. The van der Waals surface area contributed by atoms with Crippen LogP contribution in [0.3, 0.4) is 0 Å². The first-order valence-electron chi connectivity index (χ1n) is 11.7. The monoisotopic (exact) mass is 689 g/mol. The molecule has 1 aliphatic carbocycles. The highest BCUT2D eigenvalue weighted by atomic mass is 35.5. The molecule has 1 unspecified atom stereocenters. The van der Waals surface area contributed by atoms with E-state index in [1.807, 2.05) is 5.32 Å². The minimum atomic E-state index is -5.27.